The van der Waals surface area contributed by atoms with Crippen molar-refractivity contribution in [2.24, 2.45) is 0 Å². The number of aryl methyl sites for hydroxylation is 1. The van der Waals surface area contributed by atoms with Gasteiger partial charge in [-0.25, -0.2) is 8.42 Å². The Labute approximate surface area is 171 Å². The lowest BCUT2D eigenvalue weighted by Gasteiger charge is -2.26. The van der Waals surface area contributed by atoms with Gasteiger partial charge in [0.25, 0.3) is 0 Å². The average Bonchev–Trinajstić information content (AvgIpc) is 3.11. The van der Waals surface area contributed by atoms with Crippen LogP contribution in [0, 0.1) is 6.92 Å². The predicted octanol–water partition coefficient (Wildman–Crippen LogP) is 5.28. The van der Waals surface area contributed by atoms with E-state index < -0.39 is 10.0 Å². The van der Waals surface area contributed by atoms with Gasteiger partial charge in [0.05, 0.1) is 10.6 Å². The largest absolute Gasteiger partial charge is 0.314 e. The Hall–Kier alpha value is -2.08. The summed E-state index contributed by atoms with van der Waals surface area (Å²) in [4.78, 5) is 0.349. The number of benzene rings is 2. The van der Waals surface area contributed by atoms with Gasteiger partial charge in [0.1, 0.15) is 0 Å². The Morgan fingerprint density at radius 3 is 2.32 bits per heavy atom. The van der Waals surface area contributed by atoms with Crippen molar-refractivity contribution in [3.05, 3.63) is 71.4 Å². The van der Waals surface area contributed by atoms with Gasteiger partial charge in [0, 0.05) is 29.5 Å². The summed E-state index contributed by atoms with van der Waals surface area (Å²) in [7, 11) is -3.47. The SMILES string of the molecule is Cc1ccc(-c2ccc(Cl)cc2)n1-c1cccc(S(=O)(=O)N2CCCCC2)c1. The van der Waals surface area contributed by atoms with Gasteiger partial charge in [0.2, 0.25) is 10.0 Å². The van der Waals surface area contributed by atoms with E-state index in [1.54, 1.807) is 16.4 Å². The van der Waals surface area contributed by atoms with Crippen molar-refractivity contribution in [2.75, 3.05) is 13.1 Å². The number of halogens is 1. The molecule has 0 unspecified atom stereocenters. The van der Waals surface area contributed by atoms with Crippen LogP contribution in [0.25, 0.3) is 16.9 Å². The monoisotopic (exact) mass is 414 g/mol. The molecule has 146 valence electrons. The maximum Gasteiger partial charge on any atom is 0.243 e. The van der Waals surface area contributed by atoms with Crippen LogP contribution in [0.5, 0.6) is 0 Å². The number of hydrogen-bond acceptors (Lipinski definition) is 2. The van der Waals surface area contributed by atoms with E-state index in [1.807, 2.05) is 55.5 Å². The molecule has 0 amide bonds. The highest BCUT2D eigenvalue weighted by molar-refractivity contribution is 7.89. The van der Waals surface area contributed by atoms with Gasteiger partial charge >= 0.3 is 0 Å². The second-order valence-corrected chi connectivity index (χ2v) is 9.54. The Bertz CT molecular complexity index is 1080. The molecule has 1 aliphatic heterocycles. The van der Waals surface area contributed by atoms with Crippen molar-refractivity contribution in [3.8, 4) is 16.9 Å². The molecule has 28 heavy (non-hydrogen) atoms. The van der Waals surface area contributed by atoms with Gasteiger partial charge in [-0.15, -0.1) is 0 Å². The van der Waals surface area contributed by atoms with Crippen molar-refractivity contribution in [2.45, 2.75) is 31.1 Å². The zero-order chi connectivity index (χ0) is 19.7. The molecule has 1 saturated heterocycles. The highest BCUT2D eigenvalue weighted by Crippen LogP contribution is 2.29. The summed E-state index contributed by atoms with van der Waals surface area (Å²) in [5.41, 5.74) is 3.91. The fourth-order valence-electron chi connectivity index (χ4n) is 3.76. The first kappa shape index (κ1) is 19.2. The quantitative estimate of drug-likeness (QED) is 0.582. The molecule has 4 rings (SSSR count). The molecule has 0 atom stereocenters. The molecule has 0 saturated carbocycles. The van der Waals surface area contributed by atoms with E-state index in [9.17, 15) is 8.42 Å². The predicted molar refractivity (Wildman–Crippen MR) is 114 cm³/mol. The minimum atomic E-state index is -3.47. The van der Waals surface area contributed by atoms with Gasteiger partial charge in [0.15, 0.2) is 0 Å². The summed E-state index contributed by atoms with van der Waals surface area (Å²) in [5.74, 6) is 0. The van der Waals surface area contributed by atoms with Crippen molar-refractivity contribution in [1.82, 2.24) is 8.87 Å². The van der Waals surface area contributed by atoms with E-state index in [0.717, 1.165) is 41.9 Å². The highest BCUT2D eigenvalue weighted by Gasteiger charge is 2.26. The number of rotatable bonds is 4. The molecule has 1 fully saturated rings. The molecule has 1 aliphatic rings. The minimum Gasteiger partial charge on any atom is -0.314 e. The fraction of sp³-hybridized carbons (Fsp3) is 0.273. The van der Waals surface area contributed by atoms with Crippen LogP contribution in [0.4, 0.5) is 0 Å². The zero-order valence-corrected chi connectivity index (χ0v) is 17.4. The van der Waals surface area contributed by atoms with Crippen molar-refractivity contribution in [1.29, 1.82) is 0 Å². The van der Waals surface area contributed by atoms with Crippen LogP contribution >= 0.6 is 11.6 Å². The van der Waals surface area contributed by atoms with Gasteiger partial charge in [-0.3, -0.25) is 0 Å². The Kier molecular flexibility index (Phi) is 5.32. The maximum absolute atomic E-state index is 13.1. The van der Waals surface area contributed by atoms with E-state index >= 15 is 0 Å². The Balaban J connectivity index is 1.77. The first-order valence-corrected chi connectivity index (χ1v) is 11.3. The lowest BCUT2D eigenvalue weighted by Crippen LogP contribution is -2.35. The van der Waals surface area contributed by atoms with Crippen molar-refractivity contribution in [3.63, 3.8) is 0 Å². The number of nitrogens with zero attached hydrogens (tertiary/aromatic N) is 2. The number of piperidine rings is 1. The number of sulfonamides is 1. The molecule has 2 heterocycles. The minimum absolute atomic E-state index is 0.349. The third-order valence-corrected chi connectivity index (χ3v) is 7.39. The topological polar surface area (TPSA) is 42.3 Å². The van der Waals surface area contributed by atoms with E-state index in [0.29, 0.717) is 23.0 Å². The molecule has 0 aliphatic carbocycles. The van der Waals surface area contributed by atoms with Crippen LogP contribution in [-0.2, 0) is 10.0 Å². The van der Waals surface area contributed by atoms with Gasteiger partial charge in [-0.2, -0.15) is 4.31 Å². The molecular weight excluding hydrogens is 392 g/mol. The summed E-state index contributed by atoms with van der Waals surface area (Å²) in [6.07, 6.45) is 2.95. The van der Waals surface area contributed by atoms with Crippen LogP contribution in [0.1, 0.15) is 25.0 Å². The average molecular weight is 415 g/mol. The molecule has 0 bridgehead atoms. The lowest BCUT2D eigenvalue weighted by molar-refractivity contribution is 0.346. The second kappa shape index (κ2) is 7.74. The smallest absolute Gasteiger partial charge is 0.243 e. The number of aromatic nitrogens is 1. The fourth-order valence-corrected chi connectivity index (χ4v) is 5.45. The van der Waals surface area contributed by atoms with E-state index in [-0.39, 0.29) is 0 Å². The molecule has 0 N–H and O–H groups in total. The van der Waals surface area contributed by atoms with E-state index in [1.165, 1.54) is 0 Å². The summed E-state index contributed by atoms with van der Waals surface area (Å²) in [6.45, 7) is 3.22. The normalized spacial score (nSPS) is 15.6. The standard InChI is InChI=1S/C22H23ClN2O2S/c1-17-8-13-22(18-9-11-19(23)12-10-18)25(17)20-6-5-7-21(16-20)28(26,27)24-14-3-2-4-15-24/h5-13,16H,2-4,14-15H2,1H3. The van der Waals surface area contributed by atoms with Gasteiger partial charge < -0.3 is 4.57 Å². The Morgan fingerprint density at radius 2 is 1.61 bits per heavy atom. The first-order chi connectivity index (χ1) is 13.5. The number of hydrogen-bond donors (Lipinski definition) is 0. The second-order valence-electron chi connectivity index (χ2n) is 7.16. The summed E-state index contributed by atoms with van der Waals surface area (Å²) in [6, 6.07) is 19.0. The lowest BCUT2D eigenvalue weighted by atomic mass is 10.1. The third-order valence-electron chi connectivity index (χ3n) is 5.24. The molecule has 2 aromatic carbocycles. The van der Waals surface area contributed by atoms with Crippen LogP contribution < -0.4 is 0 Å². The van der Waals surface area contributed by atoms with Gasteiger partial charge in [-0.1, -0.05) is 36.2 Å². The van der Waals surface area contributed by atoms with Crippen molar-refractivity contribution >= 4 is 21.6 Å². The molecule has 4 nitrogen and oxygen atoms in total. The van der Waals surface area contributed by atoms with Gasteiger partial charge in [-0.05, 0) is 67.8 Å². The Morgan fingerprint density at radius 1 is 0.893 bits per heavy atom. The summed E-state index contributed by atoms with van der Waals surface area (Å²) < 4.78 is 29.9. The highest BCUT2D eigenvalue weighted by atomic mass is 35.5. The van der Waals surface area contributed by atoms with Crippen LogP contribution in [-0.4, -0.2) is 30.4 Å². The molecular formula is C22H23ClN2O2S. The molecule has 6 heteroatoms. The van der Waals surface area contributed by atoms with Crippen LogP contribution in [0.3, 0.4) is 0 Å². The maximum atomic E-state index is 13.1. The molecule has 0 spiro atoms. The van der Waals surface area contributed by atoms with E-state index in [2.05, 4.69) is 4.57 Å². The zero-order valence-electron chi connectivity index (χ0n) is 15.8. The van der Waals surface area contributed by atoms with Crippen LogP contribution in [0.2, 0.25) is 5.02 Å². The molecule has 1 aromatic heterocycles. The summed E-state index contributed by atoms with van der Waals surface area (Å²) >= 11 is 6.03. The van der Waals surface area contributed by atoms with Crippen LogP contribution in [0.15, 0.2) is 65.6 Å². The molecule has 0 radical (unpaired) electrons. The van der Waals surface area contributed by atoms with E-state index in [4.69, 9.17) is 11.6 Å². The summed E-state index contributed by atoms with van der Waals surface area (Å²) in [5, 5.41) is 0.688. The molecule has 3 aromatic rings. The van der Waals surface area contributed by atoms with Crippen molar-refractivity contribution < 1.29 is 8.42 Å². The third kappa shape index (κ3) is 3.62. The first-order valence-electron chi connectivity index (χ1n) is 9.52.